The van der Waals surface area contributed by atoms with E-state index in [1.165, 1.54) is 0 Å². The lowest BCUT2D eigenvalue weighted by molar-refractivity contribution is -0.112. The van der Waals surface area contributed by atoms with Crippen LogP contribution in [-0.2, 0) is 9.59 Å². The fourth-order valence-electron chi connectivity index (χ4n) is 3.24. The largest absolute Gasteiger partial charge is 0.321 e. The van der Waals surface area contributed by atoms with Gasteiger partial charge in [-0.1, -0.05) is 35.8 Å². The predicted molar refractivity (Wildman–Crippen MR) is 89.9 cm³/mol. The number of hydrogen-bond donors (Lipinski definition) is 2. The van der Waals surface area contributed by atoms with Gasteiger partial charge in [-0.15, -0.1) is 0 Å². The Morgan fingerprint density at radius 3 is 2.41 bits per heavy atom. The quantitative estimate of drug-likeness (QED) is 0.563. The minimum absolute atomic E-state index is 0.217. The van der Waals surface area contributed by atoms with E-state index in [0.717, 1.165) is 33.5 Å². The highest BCUT2D eigenvalue weighted by atomic mass is 16.2. The van der Waals surface area contributed by atoms with Crippen molar-refractivity contribution < 1.29 is 9.59 Å². The number of amides is 2. The molecule has 0 aliphatic carbocycles. The molecule has 2 amide bonds. The zero-order chi connectivity index (χ0) is 15.4. The van der Waals surface area contributed by atoms with Crippen molar-refractivity contribution in [1.82, 2.24) is 0 Å². The van der Waals surface area contributed by atoms with Gasteiger partial charge < -0.3 is 10.6 Å². The van der Waals surface area contributed by atoms with Crippen LogP contribution >= 0.6 is 0 Å². The minimum Gasteiger partial charge on any atom is -0.321 e. The van der Waals surface area contributed by atoms with Gasteiger partial charge in [-0.05, 0) is 18.6 Å². The fourth-order valence-corrected chi connectivity index (χ4v) is 3.24. The third-order valence-corrected chi connectivity index (χ3v) is 4.14. The molecule has 4 nitrogen and oxygen atoms in total. The monoisotopic (exact) mass is 288 g/mol. The van der Waals surface area contributed by atoms with E-state index in [9.17, 15) is 9.59 Å². The smallest absolute Gasteiger partial charge is 0.257 e. The van der Waals surface area contributed by atoms with E-state index in [2.05, 4.69) is 10.6 Å². The Morgan fingerprint density at radius 2 is 1.59 bits per heavy atom. The molecule has 2 N–H and O–H groups in total. The molecule has 2 aromatic rings. The van der Waals surface area contributed by atoms with Crippen molar-refractivity contribution in [1.29, 1.82) is 0 Å². The maximum Gasteiger partial charge on any atom is 0.257 e. The molecule has 0 bridgehead atoms. The highest BCUT2D eigenvalue weighted by molar-refractivity contribution is 6.49. The number of anilines is 2. The molecule has 106 valence electrons. The van der Waals surface area contributed by atoms with Crippen molar-refractivity contribution in [2.24, 2.45) is 0 Å². The Bertz CT molecular complexity index is 900. The molecule has 0 radical (unpaired) electrons. The summed E-state index contributed by atoms with van der Waals surface area (Å²) in [6.07, 6.45) is 0. The van der Waals surface area contributed by atoms with Crippen LogP contribution in [-0.4, -0.2) is 19.7 Å². The lowest BCUT2D eigenvalue weighted by Gasteiger charge is -2.06. The fraction of sp³-hybridized carbons (Fsp3) is 0.0588. The molecule has 0 spiro atoms. The standard InChI is InChI=1S/C17H13BN2O2/c1-8-6-9(18)7-11-14(17(22)20-15(8)11)13-10-4-2-3-5-12(10)19-16(13)21/h2-7H,18H2,1H3,(H,19,21)(H,20,22)/b14-13+. The van der Waals surface area contributed by atoms with E-state index in [1.54, 1.807) is 0 Å². The van der Waals surface area contributed by atoms with Crippen LogP contribution in [0.25, 0.3) is 11.1 Å². The van der Waals surface area contributed by atoms with Gasteiger partial charge in [0.25, 0.3) is 11.8 Å². The van der Waals surface area contributed by atoms with Crippen molar-refractivity contribution >= 4 is 47.6 Å². The normalized spacial score (nSPS) is 18.8. The molecule has 0 atom stereocenters. The molecule has 0 aromatic heterocycles. The zero-order valence-corrected chi connectivity index (χ0v) is 12.3. The Hall–Kier alpha value is -2.82. The van der Waals surface area contributed by atoms with E-state index in [-0.39, 0.29) is 11.8 Å². The van der Waals surface area contributed by atoms with Crippen LogP contribution in [0.5, 0.6) is 0 Å². The van der Waals surface area contributed by atoms with Gasteiger partial charge in [0.2, 0.25) is 0 Å². The van der Waals surface area contributed by atoms with Crippen LogP contribution in [0.1, 0.15) is 16.7 Å². The maximum absolute atomic E-state index is 12.5. The zero-order valence-electron chi connectivity index (χ0n) is 12.3. The first-order chi connectivity index (χ1) is 10.6. The van der Waals surface area contributed by atoms with Gasteiger partial charge in [-0.25, -0.2) is 0 Å². The van der Waals surface area contributed by atoms with Gasteiger partial charge in [0.1, 0.15) is 7.85 Å². The first-order valence-electron chi connectivity index (χ1n) is 7.14. The Balaban J connectivity index is 2.06. The second-order valence-electron chi connectivity index (χ2n) is 5.71. The van der Waals surface area contributed by atoms with Crippen molar-refractivity contribution in [2.75, 3.05) is 10.6 Å². The van der Waals surface area contributed by atoms with E-state index in [1.807, 2.05) is 51.2 Å². The topological polar surface area (TPSA) is 58.2 Å². The van der Waals surface area contributed by atoms with Gasteiger partial charge in [0, 0.05) is 16.8 Å². The molecular weight excluding hydrogens is 275 g/mol. The highest BCUT2D eigenvalue weighted by Crippen LogP contribution is 2.42. The first kappa shape index (κ1) is 12.9. The number of para-hydroxylation sites is 1. The molecule has 5 heteroatoms. The molecule has 4 rings (SSSR count). The molecule has 2 aliphatic heterocycles. The summed E-state index contributed by atoms with van der Waals surface area (Å²) in [4.78, 5) is 24.9. The van der Waals surface area contributed by atoms with E-state index in [0.29, 0.717) is 11.1 Å². The predicted octanol–water partition coefficient (Wildman–Crippen LogP) is 1.07. The number of rotatable bonds is 0. The summed E-state index contributed by atoms with van der Waals surface area (Å²) >= 11 is 0. The van der Waals surface area contributed by atoms with Gasteiger partial charge in [0.05, 0.1) is 16.8 Å². The molecule has 0 fully saturated rings. The summed E-state index contributed by atoms with van der Waals surface area (Å²) in [5, 5.41) is 5.72. The van der Waals surface area contributed by atoms with E-state index in [4.69, 9.17) is 0 Å². The molecular formula is C17H13BN2O2. The van der Waals surface area contributed by atoms with Crippen molar-refractivity contribution in [2.45, 2.75) is 6.92 Å². The Morgan fingerprint density at radius 1 is 0.909 bits per heavy atom. The van der Waals surface area contributed by atoms with Crippen molar-refractivity contribution in [3.8, 4) is 0 Å². The van der Waals surface area contributed by atoms with Crippen LogP contribution in [0.2, 0.25) is 0 Å². The van der Waals surface area contributed by atoms with Crippen LogP contribution in [0.15, 0.2) is 36.4 Å². The summed E-state index contributed by atoms with van der Waals surface area (Å²) in [6.45, 7) is 1.96. The molecule has 2 heterocycles. The number of nitrogens with one attached hydrogen (secondary N) is 2. The summed E-state index contributed by atoms with van der Waals surface area (Å²) in [5.74, 6) is -0.441. The lowest BCUT2D eigenvalue weighted by atomic mass is 9.88. The first-order valence-corrected chi connectivity index (χ1v) is 7.14. The summed E-state index contributed by atoms with van der Waals surface area (Å²) < 4.78 is 0. The SMILES string of the molecule is Bc1cc(C)c2c(c1)/C(=C1\C(=O)Nc3ccccc31)C(=O)N2. The maximum atomic E-state index is 12.5. The molecule has 2 aromatic carbocycles. The molecule has 2 aliphatic rings. The van der Waals surface area contributed by atoms with E-state index < -0.39 is 0 Å². The van der Waals surface area contributed by atoms with Crippen LogP contribution in [0, 0.1) is 6.92 Å². The average molecular weight is 288 g/mol. The van der Waals surface area contributed by atoms with Crippen molar-refractivity contribution in [3.05, 3.63) is 53.1 Å². The number of aryl methyl sites for hydroxylation is 1. The van der Waals surface area contributed by atoms with Gasteiger partial charge >= 0.3 is 0 Å². The van der Waals surface area contributed by atoms with Crippen LogP contribution in [0.3, 0.4) is 0 Å². The molecule has 0 saturated carbocycles. The Labute approximate surface area is 128 Å². The van der Waals surface area contributed by atoms with Crippen LogP contribution < -0.4 is 16.1 Å². The highest BCUT2D eigenvalue weighted by Gasteiger charge is 2.35. The second-order valence-corrected chi connectivity index (χ2v) is 5.71. The van der Waals surface area contributed by atoms with Gasteiger partial charge in [-0.3, -0.25) is 9.59 Å². The number of hydrogen-bond acceptors (Lipinski definition) is 2. The Kier molecular flexibility index (Phi) is 2.54. The second kappa shape index (κ2) is 4.34. The van der Waals surface area contributed by atoms with E-state index >= 15 is 0 Å². The number of carbonyl (C=O) groups excluding carboxylic acids is 2. The summed E-state index contributed by atoms with van der Waals surface area (Å²) in [6, 6.07) is 11.4. The summed E-state index contributed by atoms with van der Waals surface area (Å²) in [5.41, 5.74) is 6.13. The molecule has 0 unspecified atom stereocenters. The number of fused-ring (bicyclic) bond motifs is 2. The average Bonchev–Trinajstić information content (AvgIpc) is 2.95. The molecule has 0 saturated heterocycles. The van der Waals surface area contributed by atoms with Crippen molar-refractivity contribution in [3.63, 3.8) is 0 Å². The third-order valence-electron chi connectivity index (χ3n) is 4.14. The van der Waals surface area contributed by atoms with Crippen LogP contribution in [0.4, 0.5) is 11.4 Å². The minimum atomic E-state index is -0.224. The molecule has 22 heavy (non-hydrogen) atoms. The summed E-state index contributed by atoms with van der Waals surface area (Å²) in [7, 11) is 1.99. The number of carbonyl (C=O) groups is 2. The van der Waals surface area contributed by atoms with Gasteiger partial charge in [-0.2, -0.15) is 0 Å². The lowest BCUT2D eigenvalue weighted by Crippen LogP contribution is -2.11. The third kappa shape index (κ3) is 1.65. The number of benzene rings is 2. The van der Waals surface area contributed by atoms with Gasteiger partial charge in [0.15, 0.2) is 0 Å².